The normalized spacial score (nSPS) is 15.4. The molecule has 0 bridgehead atoms. The molecule has 0 aromatic carbocycles. The first-order chi connectivity index (χ1) is 9.42. The van der Waals surface area contributed by atoms with Gasteiger partial charge in [-0.15, -0.1) is 0 Å². The van der Waals surface area contributed by atoms with E-state index in [-0.39, 0.29) is 30.3 Å². The minimum absolute atomic E-state index is 0.114. The average Bonchev–Trinajstić information content (AvgIpc) is 2.36. The predicted octanol–water partition coefficient (Wildman–Crippen LogP) is 2.63. The third-order valence-electron chi connectivity index (χ3n) is 3.64. The molecule has 0 aliphatic carbocycles. The Morgan fingerprint density at radius 3 is 1.48 bits per heavy atom. The molecule has 21 heavy (non-hydrogen) atoms. The fourth-order valence-corrected chi connectivity index (χ4v) is 1.96. The summed E-state index contributed by atoms with van der Waals surface area (Å²) in [4.78, 5) is 2.22. The van der Waals surface area contributed by atoms with Crippen LogP contribution in [-0.4, -0.2) is 58.5 Å². The first-order valence-corrected chi connectivity index (χ1v) is 8.15. The maximum Gasteiger partial charge on any atom is 0.0586 e. The smallest absolute Gasteiger partial charge is 0.0586 e. The Labute approximate surface area is 132 Å². The minimum Gasteiger partial charge on any atom is -0.395 e. The van der Waals surface area contributed by atoms with Crippen LogP contribution in [0.4, 0.5) is 0 Å². The minimum atomic E-state index is 0.114. The van der Waals surface area contributed by atoms with Crippen LogP contribution in [-0.2, 0) is 0 Å². The highest BCUT2D eigenvalue weighted by Gasteiger charge is 2.22. The van der Waals surface area contributed by atoms with Crippen molar-refractivity contribution < 1.29 is 10.2 Å². The van der Waals surface area contributed by atoms with E-state index in [0.29, 0.717) is 6.04 Å². The number of aliphatic hydroxyl groups excluding tert-OH is 2. The quantitative estimate of drug-likeness (QED) is 0.706. The summed E-state index contributed by atoms with van der Waals surface area (Å²) in [7, 11) is 2.06. The number of rotatable bonds is 6. The van der Waals surface area contributed by atoms with Gasteiger partial charge in [0.05, 0.1) is 13.2 Å². The molecule has 0 rings (SSSR count). The van der Waals surface area contributed by atoms with Gasteiger partial charge in [0.1, 0.15) is 0 Å². The van der Waals surface area contributed by atoms with Gasteiger partial charge in [-0.1, -0.05) is 13.8 Å². The van der Waals surface area contributed by atoms with E-state index >= 15 is 0 Å². The lowest BCUT2D eigenvalue weighted by molar-refractivity contribution is 0.0699. The van der Waals surface area contributed by atoms with E-state index in [2.05, 4.69) is 72.7 Å². The van der Waals surface area contributed by atoms with Crippen LogP contribution in [0, 0.1) is 0 Å². The second-order valence-corrected chi connectivity index (χ2v) is 7.71. The second-order valence-electron chi connectivity index (χ2n) is 7.71. The lowest BCUT2D eigenvalue weighted by Crippen LogP contribution is -2.46. The molecule has 4 nitrogen and oxygen atoms in total. The van der Waals surface area contributed by atoms with Crippen LogP contribution in [0.5, 0.6) is 0 Å². The van der Waals surface area contributed by atoms with E-state index < -0.39 is 0 Å². The first kappa shape index (κ1) is 23.1. The number of hydrogen-bond acceptors (Lipinski definition) is 4. The Bertz CT molecular complexity index is 236. The first-order valence-electron chi connectivity index (χ1n) is 8.15. The molecule has 4 heteroatoms. The summed E-state index contributed by atoms with van der Waals surface area (Å²) in [5, 5.41) is 21.2. The Kier molecular flexibility index (Phi) is 11.6. The highest BCUT2D eigenvalue weighted by molar-refractivity contribution is 4.78. The Balaban J connectivity index is 0. The van der Waals surface area contributed by atoms with Crippen molar-refractivity contribution in [2.45, 2.75) is 91.4 Å². The van der Waals surface area contributed by atoms with Crippen molar-refractivity contribution in [3.63, 3.8) is 0 Å². The van der Waals surface area contributed by atoms with Crippen molar-refractivity contribution in [3.8, 4) is 0 Å². The molecular weight excluding hydrogens is 264 g/mol. The monoisotopic (exact) mass is 304 g/mol. The van der Waals surface area contributed by atoms with Gasteiger partial charge in [-0.05, 0) is 61.4 Å². The van der Waals surface area contributed by atoms with Crippen molar-refractivity contribution >= 4 is 0 Å². The Morgan fingerprint density at radius 2 is 1.38 bits per heavy atom. The fourth-order valence-electron chi connectivity index (χ4n) is 1.96. The van der Waals surface area contributed by atoms with Crippen LogP contribution >= 0.6 is 0 Å². The third-order valence-corrected chi connectivity index (χ3v) is 3.64. The molecule has 0 fully saturated rings. The number of likely N-dealkylation sites (N-methyl/N-ethyl adjacent to an activating group) is 1. The lowest BCUT2D eigenvalue weighted by atomic mass is 10.0. The molecule has 0 radical (unpaired) electrons. The Hall–Kier alpha value is -0.160. The zero-order chi connectivity index (χ0) is 17.3. The van der Waals surface area contributed by atoms with Gasteiger partial charge in [0, 0.05) is 23.2 Å². The van der Waals surface area contributed by atoms with Crippen LogP contribution in [0.15, 0.2) is 0 Å². The largest absolute Gasteiger partial charge is 0.395 e. The summed E-state index contributed by atoms with van der Waals surface area (Å²) in [6.07, 6.45) is 1.98. The molecule has 0 saturated heterocycles. The molecule has 0 aromatic heterocycles. The molecule has 0 aliphatic rings. The molecule has 0 heterocycles. The molecular formula is C17H40N2O2. The van der Waals surface area contributed by atoms with E-state index in [1.807, 2.05) is 0 Å². The molecule has 0 aliphatic heterocycles. The van der Waals surface area contributed by atoms with Crippen LogP contribution < -0.4 is 5.32 Å². The van der Waals surface area contributed by atoms with Crippen molar-refractivity contribution in [3.05, 3.63) is 0 Å². The summed E-state index contributed by atoms with van der Waals surface area (Å²) in [6.45, 7) is 17.4. The predicted molar refractivity (Wildman–Crippen MR) is 92.7 cm³/mol. The molecule has 130 valence electrons. The maximum atomic E-state index is 9.02. The summed E-state index contributed by atoms with van der Waals surface area (Å²) < 4.78 is 0. The van der Waals surface area contributed by atoms with Gasteiger partial charge >= 0.3 is 0 Å². The SMILES string of the molecule is CC[C@H](CO)N(C)C(C)(C)C.CC[C@H](CO)NC(C)(C)C. The third kappa shape index (κ3) is 12.1. The second kappa shape index (κ2) is 10.5. The van der Waals surface area contributed by atoms with Crippen LogP contribution in [0.3, 0.4) is 0 Å². The number of hydrogen-bond donors (Lipinski definition) is 3. The highest BCUT2D eigenvalue weighted by Crippen LogP contribution is 2.15. The van der Waals surface area contributed by atoms with Gasteiger partial charge < -0.3 is 15.5 Å². The molecule has 0 amide bonds. The topological polar surface area (TPSA) is 55.7 Å². The van der Waals surface area contributed by atoms with Crippen molar-refractivity contribution in [1.29, 1.82) is 0 Å². The molecule has 0 saturated carbocycles. The van der Waals surface area contributed by atoms with Crippen molar-refractivity contribution in [2.75, 3.05) is 20.3 Å². The summed E-state index contributed by atoms with van der Waals surface area (Å²) in [5.74, 6) is 0. The number of nitrogens with zero attached hydrogens (tertiary/aromatic N) is 1. The fraction of sp³-hybridized carbons (Fsp3) is 1.00. The molecule has 3 N–H and O–H groups in total. The molecule has 2 atom stereocenters. The van der Waals surface area contributed by atoms with Gasteiger partial charge in [-0.3, -0.25) is 4.90 Å². The lowest BCUT2D eigenvalue weighted by Gasteiger charge is -2.37. The van der Waals surface area contributed by atoms with Gasteiger partial charge in [-0.2, -0.15) is 0 Å². The standard InChI is InChI=1S/C9H21NO.C8H19NO/c1-6-8(7-11)10(5)9(2,3)4;1-5-7(6-10)9-8(2,3)4/h8,11H,6-7H2,1-5H3;7,9-10H,5-6H2,1-4H3/t8-;7-/m11/s1. The van der Waals surface area contributed by atoms with Crippen molar-refractivity contribution in [2.24, 2.45) is 0 Å². The molecule has 0 aromatic rings. The van der Waals surface area contributed by atoms with Crippen molar-refractivity contribution in [1.82, 2.24) is 10.2 Å². The van der Waals surface area contributed by atoms with E-state index in [0.717, 1.165) is 12.8 Å². The number of aliphatic hydroxyl groups is 2. The van der Waals surface area contributed by atoms with E-state index in [9.17, 15) is 0 Å². The van der Waals surface area contributed by atoms with E-state index in [1.54, 1.807) is 0 Å². The van der Waals surface area contributed by atoms with Gasteiger partial charge in [0.25, 0.3) is 0 Å². The molecule has 0 unspecified atom stereocenters. The van der Waals surface area contributed by atoms with E-state index in [4.69, 9.17) is 10.2 Å². The van der Waals surface area contributed by atoms with Crippen LogP contribution in [0.1, 0.15) is 68.2 Å². The van der Waals surface area contributed by atoms with Gasteiger partial charge in [0.2, 0.25) is 0 Å². The van der Waals surface area contributed by atoms with Gasteiger partial charge in [0.15, 0.2) is 0 Å². The zero-order valence-corrected chi connectivity index (χ0v) is 15.8. The summed E-state index contributed by atoms with van der Waals surface area (Å²) in [5.41, 5.74) is 0.271. The van der Waals surface area contributed by atoms with Crippen LogP contribution in [0.25, 0.3) is 0 Å². The maximum absolute atomic E-state index is 9.02. The average molecular weight is 305 g/mol. The van der Waals surface area contributed by atoms with E-state index in [1.165, 1.54) is 0 Å². The zero-order valence-electron chi connectivity index (χ0n) is 15.8. The summed E-state index contributed by atoms with van der Waals surface area (Å²) in [6, 6.07) is 0.551. The Morgan fingerprint density at radius 1 is 0.905 bits per heavy atom. The van der Waals surface area contributed by atoms with Gasteiger partial charge in [-0.25, -0.2) is 0 Å². The number of nitrogens with one attached hydrogen (secondary N) is 1. The highest BCUT2D eigenvalue weighted by atomic mass is 16.3. The summed E-state index contributed by atoms with van der Waals surface area (Å²) >= 11 is 0. The molecule has 0 spiro atoms. The van der Waals surface area contributed by atoms with Crippen LogP contribution in [0.2, 0.25) is 0 Å².